The van der Waals surface area contributed by atoms with E-state index in [0.29, 0.717) is 23.9 Å². The summed E-state index contributed by atoms with van der Waals surface area (Å²) in [5.74, 6) is -0.544. The molecule has 0 radical (unpaired) electrons. The van der Waals surface area contributed by atoms with E-state index in [1.807, 2.05) is 0 Å². The predicted molar refractivity (Wildman–Crippen MR) is 76.6 cm³/mol. The molecule has 0 saturated heterocycles. The van der Waals surface area contributed by atoms with Crippen molar-refractivity contribution in [3.8, 4) is 0 Å². The van der Waals surface area contributed by atoms with E-state index in [0.717, 1.165) is 0 Å². The summed E-state index contributed by atoms with van der Waals surface area (Å²) in [5.41, 5.74) is 6.93. The Morgan fingerprint density at radius 1 is 1.40 bits per heavy atom. The minimum Gasteiger partial charge on any atom is -0.383 e. The van der Waals surface area contributed by atoms with Crippen LogP contribution in [0.4, 0.5) is 4.39 Å². The van der Waals surface area contributed by atoms with Gasteiger partial charge in [-0.25, -0.2) is 4.39 Å². The first kappa shape index (κ1) is 15.3. The number of rotatable bonds is 5. The number of nitrogens with two attached hydrogens (primary N) is 1. The van der Waals surface area contributed by atoms with Crippen LogP contribution in [-0.2, 0) is 11.3 Å². The van der Waals surface area contributed by atoms with Gasteiger partial charge in [-0.15, -0.1) is 0 Å². The first-order valence-electron chi connectivity index (χ1n) is 5.96. The molecular formula is C13H14Cl2FN3O. The molecule has 2 rings (SSSR count). The van der Waals surface area contributed by atoms with Crippen LogP contribution in [0.5, 0.6) is 0 Å². The summed E-state index contributed by atoms with van der Waals surface area (Å²) in [6.07, 6.45) is 1.48. The highest BCUT2D eigenvalue weighted by molar-refractivity contribution is 6.31. The van der Waals surface area contributed by atoms with Gasteiger partial charge in [-0.3, -0.25) is 4.68 Å². The van der Waals surface area contributed by atoms with Crippen molar-refractivity contribution in [2.24, 2.45) is 5.73 Å². The number of methoxy groups -OCH3 is 1. The summed E-state index contributed by atoms with van der Waals surface area (Å²) in [5, 5.41) is 4.53. The van der Waals surface area contributed by atoms with Gasteiger partial charge >= 0.3 is 0 Å². The maximum absolute atomic E-state index is 14.1. The van der Waals surface area contributed by atoms with Gasteiger partial charge in [0.05, 0.1) is 41.1 Å². The summed E-state index contributed by atoms with van der Waals surface area (Å²) in [6, 6.07) is 3.94. The molecule has 0 bridgehead atoms. The quantitative estimate of drug-likeness (QED) is 0.922. The van der Waals surface area contributed by atoms with Crippen molar-refractivity contribution < 1.29 is 9.13 Å². The van der Waals surface area contributed by atoms with E-state index < -0.39 is 11.9 Å². The molecule has 1 aromatic heterocycles. The fourth-order valence-corrected chi connectivity index (χ4v) is 2.39. The van der Waals surface area contributed by atoms with Gasteiger partial charge in [0, 0.05) is 12.7 Å². The number of ether oxygens (including phenoxy) is 1. The monoisotopic (exact) mass is 317 g/mol. The van der Waals surface area contributed by atoms with Gasteiger partial charge in [-0.05, 0) is 6.07 Å². The van der Waals surface area contributed by atoms with Crippen LogP contribution in [0.25, 0.3) is 0 Å². The van der Waals surface area contributed by atoms with E-state index in [-0.39, 0.29) is 10.6 Å². The first-order chi connectivity index (χ1) is 9.56. The molecule has 7 heteroatoms. The molecule has 0 aliphatic heterocycles. The Bertz CT molecular complexity index is 603. The number of halogens is 3. The Kier molecular flexibility index (Phi) is 4.99. The first-order valence-corrected chi connectivity index (χ1v) is 6.71. The van der Waals surface area contributed by atoms with Crippen molar-refractivity contribution in [3.63, 3.8) is 0 Å². The van der Waals surface area contributed by atoms with Gasteiger partial charge < -0.3 is 10.5 Å². The van der Waals surface area contributed by atoms with E-state index in [4.69, 9.17) is 33.7 Å². The number of hydrogen-bond acceptors (Lipinski definition) is 3. The minimum atomic E-state index is -0.749. The third-order valence-corrected chi connectivity index (χ3v) is 3.53. The molecular weight excluding hydrogens is 304 g/mol. The Balaban J connectivity index is 2.40. The molecule has 20 heavy (non-hydrogen) atoms. The lowest BCUT2D eigenvalue weighted by atomic mass is 10.0. The van der Waals surface area contributed by atoms with Crippen LogP contribution in [-0.4, -0.2) is 23.5 Å². The lowest BCUT2D eigenvalue weighted by Gasteiger charge is -2.16. The Labute approximate surface area is 126 Å². The zero-order chi connectivity index (χ0) is 14.7. The molecule has 2 N–H and O–H groups in total. The second-order valence-corrected chi connectivity index (χ2v) is 5.03. The number of aromatic nitrogens is 2. The van der Waals surface area contributed by atoms with Crippen LogP contribution < -0.4 is 5.73 Å². The lowest BCUT2D eigenvalue weighted by Crippen LogP contribution is -2.20. The molecule has 1 unspecified atom stereocenters. The number of hydrogen-bond donors (Lipinski definition) is 1. The Morgan fingerprint density at radius 2 is 2.15 bits per heavy atom. The molecule has 1 atom stereocenters. The summed E-state index contributed by atoms with van der Waals surface area (Å²) in [6.45, 7) is 0.935. The Morgan fingerprint density at radius 3 is 2.85 bits per heavy atom. The maximum atomic E-state index is 14.1. The molecule has 4 nitrogen and oxygen atoms in total. The van der Waals surface area contributed by atoms with Gasteiger partial charge in [-0.1, -0.05) is 35.3 Å². The Hall–Kier alpha value is -1.14. The highest BCUT2D eigenvalue weighted by Crippen LogP contribution is 2.30. The van der Waals surface area contributed by atoms with E-state index in [9.17, 15) is 4.39 Å². The molecule has 0 amide bonds. The second-order valence-electron chi connectivity index (χ2n) is 4.21. The summed E-state index contributed by atoms with van der Waals surface area (Å²) in [7, 11) is 1.58. The van der Waals surface area contributed by atoms with E-state index in [1.54, 1.807) is 23.9 Å². The lowest BCUT2D eigenvalue weighted by molar-refractivity contribution is 0.182. The summed E-state index contributed by atoms with van der Waals surface area (Å²) in [4.78, 5) is 0. The van der Waals surface area contributed by atoms with Crippen LogP contribution in [0, 0.1) is 5.82 Å². The molecule has 108 valence electrons. The topological polar surface area (TPSA) is 53.1 Å². The molecule has 0 spiro atoms. The van der Waals surface area contributed by atoms with Crippen molar-refractivity contribution in [2.75, 3.05) is 13.7 Å². The molecule has 0 aliphatic rings. The average Bonchev–Trinajstić information content (AvgIpc) is 2.80. The van der Waals surface area contributed by atoms with Crippen molar-refractivity contribution in [1.29, 1.82) is 0 Å². The van der Waals surface area contributed by atoms with Crippen molar-refractivity contribution >= 4 is 23.2 Å². The highest BCUT2D eigenvalue weighted by atomic mass is 35.5. The van der Waals surface area contributed by atoms with Crippen LogP contribution in [0.1, 0.15) is 17.3 Å². The molecule has 0 saturated carbocycles. The smallest absolute Gasteiger partial charge is 0.146 e. The second kappa shape index (κ2) is 6.54. The molecule has 2 aromatic rings. The van der Waals surface area contributed by atoms with Crippen LogP contribution >= 0.6 is 23.2 Å². The zero-order valence-electron chi connectivity index (χ0n) is 10.8. The van der Waals surface area contributed by atoms with E-state index >= 15 is 0 Å². The van der Waals surface area contributed by atoms with E-state index in [2.05, 4.69) is 5.10 Å². The van der Waals surface area contributed by atoms with Crippen molar-refractivity contribution in [3.05, 3.63) is 51.5 Å². The third kappa shape index (κ3) is 2.96. The molecule has 1 aromatic carbocycles. The van der Waals surface area contributed by atoms with Crippen molar-refractivity contribution in [2.45, 2.75) is 12.6 Å². The third-order valence-electron chi connectivity index (χ3n) is 2.95. The van der Waals surface area contributed by atoms with Gasteiger partial charge in [-0.2, -0.15) is 5.10 Å². The average molecular weight is 318 g/mol. The maximum Gasteiger partial charge on any atom is 0.146 e. The van der Waals surface area contributed by atoms with Crippen LogP contribution in [0.3, 0.4) is 0 Å². The van der Waals surface area contributed by atoms with Crippen molar-refractivity contribution in [1.82, 2.24) is 9.78 Å². The predicted octanol–water partition coefficient (Wildman–Crippen LogP) is 3.02. The standard InChI is InChI=1S/C13H14Cl2FN3O/c1-20-6-5-19-13(10(15)7-18-19)12(17)8-3-2-4-9(14)11(8)16/h2-4,7,12H,5-6,17H2,1H3. The number of benzene rings is 1. The van der Waals surface area contributed by atoms with Gasteiger partial charge in [0.25, 0.3) is 0 Å². The SMILES string of the molecule is COCCn1ncc(Cl)c1C(N)c1cccc(Cl)c1F. The molecule has 0 fully saturated rings. The number of nitrogens with zero attached hydrogens (tertiary/aromatic N) is 2. The van der Waals surface area contributed by atoms with Crippen LogP contribution in [0.2, 0.25) is 10.0 Å². The largest absolute Gasteiger partial charge is 0.383 e. The molecule has 0 aliphatic carbocycles. The normalized spacial score (nSPS) is 12.7. The fourth-order valence-electron chi connectivity index (χ4n) is 1.95. The van der Waals surface area contributed by atoms with Gasteiger partial charge in [0.1, 0.15) is 5.82 Å². The van der Waals surface area contributed by atoms with Crippen LogP contribution in [0.15, 0.2) is 24.4 Å². The molecule has 1 heterocycles. The van der Waals surface area contributed by atoms with Gasteiger partial charge in [0.2, 0.25) is 0 Å². The van der Waals surface area contributed by atoms with E-state index in [1.165, 1.54) is 12.3 Å². The highest BCUT2D eigenvalue weighted by Gasteiger charge is 2.22. The zero-order valence-corrected chi connectivity index (χ0v) is 12.3. The summed E-state index contributed by atoms with van der Waals surface area (Å²) >= 11 is 11.9. The minimum absolute atomic E-state index is 0.0250. The fraction of sp³-hybridized carbons (Fsp3) is 0.308. The summed E-state index contributed by atoms with van der Waals surface area (Å²) < 4.78 is 20.7. The van der Waals surface area contributed by atoms with Gasteiger partial charge in [0.15, 0.2) is 0 Å².